The Labute approximate surface area is 228 Å². The molecule has 1 N–H and O–H groups in total. The number of nitrogens with one attached hydrogen (secondary N) is 1. The molecule has 194 valence electrons. The Morgan fingerprint density at radius 1 is 0.895 bits per heavy atom. The molecule has 2 aromatic carbocycles. The molecule has 0 bridgehead atoms. The minimum Gasteiger partial charge on any atom is -0.354 e. The van der Waals surface area contributed by atoms with Crippen molar-refractivity contribution in [3.63, 3.8) is 0 Å². The molecule has 0 aliphatic carbocycles. The smallest absolute Gasteiger partial charge is 0.251 e. The zero-order valence-corrected chi connectivity index (χ0v) is 22.4. The van der Waals surface area contributed by atoms with Crippen molar-refractivity contribution in [2.45, 2.75) is 30.9 Å². The summed E-state index contributed by atoms with van der Waals surface area (Å²) >= 11 is 1.60. The molecule has 8 heteroatoms. The molecular formula is C30H32N6OS. The van der Waals surface area contributed by atoms with E-state index in [0.29, 0.717) is 17.9 Å². The first kappa shape index (κ1) is 25.9. The van der Waals surface area contributed by atoms with Crippen molar-refractivity contribution in [2.75, 3.05) is 31.1 Å². The van der Waals surface area contributed by atoms with E-state index in [9.17, 15) is 4.79 Å². The lowest BCUT2D eigenvalue weighted by Gasteiger charge is -2.35. The number of aryl methyl sites for hydroxylation is 1. The normalized spacial score (nSPS) is 13.9. The van der Waals surface area contributed by atoms with E-state index in [2.05, 4.69) is 61.5 Å². The number of anilines is 1. The lowest BCUT2D eigenvalue weighted by atomic mass is 10.1. The molecule has 1 amide bonds. The molecule has 38 heavy (non-hydrogen) atoms. The number of aromatic nitrogens is 3. The van der Waals surface area contributed by atoms with E-state index in [1.54, 1.807) is 24.2 Å². The quantitative estimate of drug-likeness (QED) is 0.251. The minimum absolute atomic E-state index is 0.0961. The second-order valence-corrected chi connectivity index (χ2v) is 10.4. The third-order valence-corrected chi connectivity index (χ3v) is 7.42. The largest absolute Gasteiger partial charge is 0.354 e. The Balaban J connectivity index is 1.16. The minimum atomic E-state index is -0.0961. The molecule has 0 saturated carbocycles. The molecule has 1 aliphatic rings. The first-order valence-corrected chi connectivity index (χ1v) is 13.9. The molecule has 4 aromatic rings. The van der Waals surface area contributed by atoms with E-state index in [0.717, 1.165) is 60.5 Å². The third kappa shape index (κ3) is 7.18. The van der Waals surface area contributed by atoms with E-state index < -0.39 is 0 Å². The van der Waals surface area contributed by atoms with Gasteiger partial charge < -0.3 is 10.2 Å². The lowest BCUT2D eigenvalue weighted by molar-refractivity contribution is 0.0951. The van der Waals surface area contributed by atoms with Crippen molar-refractivity contribution in [2.24, 2.45) is 0 Å². The molecule has 1 fully saturated rings. The third-order valence-electron chi connectivity index (χ3n) is 6.50. The molecule has 3 heterocycles. The molecule has 0 unspecified atom stereocenters. The maximum atomic E-state index is 12.7. The van der Waals surface area contributed by atoms with Crippen LogP contribution in [0, 0.1) is 6.92 Å². The van der Waals surface area contributed by atoms with Crippen molar-refractivity contribution in [3.05, 3.63) is 113 Å². The van der Waals surface area contributed by atoms with Crippen molar-refractivity contribution >= 4 is 23.5 Å². The van der Waals surface area contributed by atoms with Crippen LogP contribution in [0.4, 0.5) is 5.82 Å². The summed E-state index contributed by atoms with van der Waals surface area (Å²) in [7, 11) is 0. The highest BCUT2D eigenvalue weighted by Gasteiger charge is 2.19. The number of hydrogen-bond donors (Lipinski definition) is 1. The van der Waals surface area contributed by atoms with Gasteiger partial charge in [0.2, 0.25) is 0 Å². The maximum Gasteiger partial charge on any atom is 0.251 e. The van der Waals surface area contributed by atoms with Gasteiger partial charge in [-0.3, -0.25) is 14.7 Å². The van der Waals surface area contributed by atoms with Crippen LogP contribution in [0.5, 0.6) is 0 Å². The average Bonchev–Trinajstić information content (AvgIpc) is 2.96. The molecule has 0 spiro atoms. The summed E-state index contributed by atoms with van der Waals surface area (Å²) in [4.78, 5) is 31.1. The first-order valence-electron chi connectivity index (χ1n) is 12.9. The van der Waals surface area contributed by atoms with Crippen LogP contribution < -0.4 is 10.2 Å². The monoisotopic (exact) mass is 524 g/mol. The molecular weight excluding hydrogens is 492 g/mol. The fraction of sp³-hybridized carbons (Fsp3) is 0.267. The number of carbonyl (C=O) groups excluding carboxylic acids is 1. The van der Waals surface area contributed by atoms with Gasteiger partial charge in [0.05, 0.1) is 0 Å². The number of rotatable bonds is 9. The molecule has 5 rings (SSSR count). The standard InChI is InChI=1S/C30H32N6OS/c1-23-17-28(36-15-13-35(14-16-36)21-24-7-3-2-4-8-24)34-30(33-23)38-22-25-9-5-11-27(18-25)29(37)32-20-26-10-6-12-31-19-26/h2-12,17-19H,13-16,20-22H2,1H3,(H,32,37). The van der Waals surface area contributed by atoms with Gasteiger partial charge >= 0.3 is 0 Å². The molecule has 2 aromatic heterocycles. The van der Waals surface area contributed by atoms with Gasteiger partial charge in [0, 0.05) is 74.7 Å². The van der Waals surface area contributed by atoms with Crippen LogP contribution in [0.3, 0.4) is 0 Å². The van der Waals surface area contributed by atoms with E-state index in [-0.39, 0.29) is 5.91 Å². The van der Waals surface area contributed by atoms with Gasteiger partial charge in [-0.1, -0.05) is 60.3 Å². The van der Waals surface area contributed by atoms with Crippen LogP contribution in [0.2, 0.25) is 0 Å². The summed E-state index contributed by atoms with van der Waals surface area (Å²) in [6.07, 6.45) is 3.48. The second-order valence-electron chi connectivity index (χ2n) is 9.43. The number of carbonyl (C=O) groups is 1. The van der Waals surface area contributed by atoms with Gasteiger partial charge in [-0.2, -0.15) is 0 Å². The summed E-state index contributed by atoms with van der Waals surface area (Å²) < 4.78 is 0. The topological polar surface area (TPSA) is 74.2 Å². The summed E-state index contributed by atoms with van der Waals surface area (Å²) in [6.45, 7) is 7.37. The molecule has 1 aliphatic heterocycles. The fourth-order valence-corrected chi connectivity index (χ4v) is 5.31. The highest BCUT2D eigenvalue weighted by Crippen LogP contribution is 2.24. The van der Waals surface area contributed by atoms with Crippen molar-refractivity contribution in [1.82, 2.24) is 25.2 Å². The number of piperazine rings is 1. The number of thioether (sulfide) groups is 1. The SMILES string of the molecule is Cc1cc(N2CCN(Cc3ccccc3)CC2)nc(SCc2cccc(C(=O)NCc3cccnc3)c2)n1. The second kappa shape index (κ2) is 12.7. The van der Waals surface area contributed by atoms with Gasteiger partial charge in [-0.15, -0.1) is 0 Å². The van der Waals surface area contributed by atoms with E-state index in [1.807, 2.05) is 43.3 Å². The Hall–Kier alpha value is -3.75. The van der Waals surface area contributed by atoms with E-state index >= 15 is 0 Å². The van der Waals surface area contributed by atoms with Crippen LogP contribution in [0.15, 0.2) is 90.3 Å². The van der Waals surface area contributed by atoms with Gasteiger partial charge in [0.15, 0.2) is 5.16 Å². The summed E-state index contributed by atoms with van der Waals surface area (Å²) in [6, 6.07) is 24.3. The van der Waals surface area contributed by atoms with Gasteiger partial charge in [-0.05, 0) is 41.8 Å². The predicted octanol–water partition coefficient (Wildman–Crippen LogP) is 4.72. The fourth-order valence-electron chi connectivity index (χ4n) is 4.47. The number of benzene rings is 2. The van der Waals surface area contributed by atoms with Crippen LogP contribution in [-0.2, 0) is 18.8 Å². The zero-order valence-electron chi connectivity index (χ0n) is 21.6. The Morgan fingerprint density at radius 3 is 2.47 bits per heavy atom. The van der Waals surface area contributed by atoms with Gasteiger partial charge in [0.25, 0.3) is 5.91 Å². The number of pyridine rings is 1. The van der Waals surface area contributed by atoms with E-state index in [4.69, 9.17) is 4.98 Å². The predicted molar refractivity (Wildman–Crippen MR) is 152 cm³/mol. The van der Waals surface area contributed by atoms with Crippen LogP contribution in [-0.4, -0.2) is 51.9 Å². The Morgan fingerprint density at radius 2 is 1.68 bits per heavy atom. The van der Waals surface area contributed by atoms with Crippen LogP contribution in [0.25, 0.3) is 0 Å². The number of amides is 1. The maximum absolute atomic E-state index is 12.7. The van der Waals surface area contributed by atoms with E-state index in [1.165, 1.54) is 5.56 Å². The summed E-state index contributed by atoms with van der Waals surface area (Å²) in [5.74, 6) is 1.58. The highest BCUT2D eigenvalue weighted by atomic mass is 32.2. The number of hydrogen-bond acceptors (Lipinski definition) is 7. The average molecular weight is 525 g/mol. The molecule has 7 nitrogen and oxygen atoms in total. The van der Waals surface area contributed by atoms with Crippen LogP contribution >= 0.6 is 11.8 Å². The Kier molecular flexibility index (Phi) is 8.63. The number of nitrogens with zero attached hydrogens (tertiary/aromatic N) is 5. The molecule has 1 saturated heterocycles. The van der Waals surface area contributed by atoms with Crippen molar-refractivity contribution in [1.29, 1.82) is 0 Å². The Bertz CT molecular complexity index is 1340. The van der Waals surface area contributed by atoms with Gasteiger partial charge in [-0.25, -0.2) is 9.97 Å². The van der Waals surface area contributed by atoms with Gasteiger partial charge in [0.1, 0.15) is 5.82 Å². The lowest BCUT2D eigenvalue weighted by Crippen LogP contribution is -2.46. The van der Waals surface area contributed by atoms with Crippen LogP contribution in [0.1, 0.15) is 32.7 Å². The first-order chi connectivity index (χ1) is 18.6. The summed E-state index contributed by atoms with van der Waals surface area (Å²) in [5.41, 5.74) is 4.99. The summed E-state index contributed by atoms with van der Waals surface area (Å²) in [5, 5.41) is 3.73. The molecule has 0 radical (unpaired) electrons. The molecule has 0 atom stereocenters. The highest BCUT2D eigenvalue weighted by molar-refractivity contribution is 7.98. The van der Waals surface area contributed by atoms with Crippen molar-refractivity contribution < 1.29 is 4.79 Å². The van der Waals surface area contributed by atoms with Crippen molar-refractivity contribution in [3.8, 4) is 0 Å². The zero-order chi connectivity index (χ0) is 26.2.